The maximum Gasteiger partial charge on any atom is 0.236 e. The summed E-state index contributed by atoms with van der Waals surface area (Å²) in [4.78, 5) is 13.6. The van der Waals surface area contributed by atoms with Crippen LogP contribution >= 0.6 is 0 Å². The van der Waals surface area contributed by atoms with Crippen molar-refractivity contribution in [3.8, 4) is 0 Å². The molecular formula is C11H22N2O3. The highest BCUT2D eigenvalue weighted by Crippen LogP contribution is 1.97. The number of methoxy groups -OCH3 is 1. The zero-order chi connectivity index (χ0) is 11.8. The Morgan fingerprint density at radius 1 is 1.50 bits per heavy atom. The summed E-state index contributed by atoms with van der Waals surface area (Å²) in [6, 6.07) is 0. The van der Waals surface area contributed by atoms with Crippen molar-refractivity contribution in [1.82, 2.24) is 10.2 Å². The van der Waals surface area contributed by atoms with Crippen molar-refractivity contribution in [2.24, 2.45) is 5.92 Å². The molecular weight excluding hydrogens is 208 g/mol. The van der Waals surface area contributed by atoms with Crippen LogP contribution in [0.25, 0.3) is 0 Å². The highest BCUT2D eigenvalue weighted by molar-refractivity contribution is 5.78. The molecule has 0 saturated carbocycles. The van der Waals surface area contributed by atoms with Crippen molar-refractivity contribution in [3.05, 3.63) is 0 Å². The topological polar surface area (TPSA) is 50.8 Å². The Morgan fingerprint density at radius 2 is 2.19 bits per heavy atom. The highest BCUT2D eigenvalue weighted by atomic mass is 16.5. The molecule has 1 fully saturated rings. The number of hydrogen-bond donors (Lipinski definition) is 1. The average molecular weight is 230 g/mol. The molecule has 0 aliphatic carbocycles. The van der Waals surface area contributed by atoms with Gasteiger partial charge in [-0.2, -0.15) is 0 Å². The van der Waals surface area contributed by atoms with Crippen LogP contribution in [0.3, 0.4) is 0 Å². The Hall–Kier alpha value is -0.650. The van der Waals surface area contributed by atoms with E-state index in [2.05, 4.69) is 12.2 Å². The van der Waals surface area contributed by atoms with Gasteiger partial charge in [0.15, 0.2) is 0 Å². The average Bonchev–Trinajstić information content (AvgIpc) is 2.30. The minimum atomic E-state index is 0.160. The predicted molar refractivity (Wildman–Crippen MR) is 61.3 cm³/mol. The van der Waals surface area contributed by atoms with Crippen LogP contribution in [0.2, 0.25) is 0 Å². The molecule has 0 bridgehead atoms. The molecule has 1 saturated heterocycles. The highest BCUT2D eigenvalue weighted by Gasteiger charge is 2.16. The van der Waals surface area contributed by atoms with E-state index in [1.54, 1.807) is 7.11 Å². The second-order valence-corrected chi connectivity index (χ2v) is 4.18. The van der Waals surface area contributed by atoms with Gasteiger partial charge in [0.2, 0.25) is 5.91 Å². The van der Waals surface area contributed by atoms with E-state index in [1.165, 1.54) is 0 Å². The number of hydrogen-bond acceptors (Lipinski definition) is 4. The first-order valence-corrected chi connectivity index (χ1v) is 5.79. The lowest BCUT2D eigenvalue weighted by Gasteiger charge is -2.27. The normalized spacial score (nSPS) is 18.5. The van der Waals surface area contributed by atoms with Crippen LogP contribution in [0.4, 0.5) is 0 Å². The fourth-order valence-electron chi connectivity index (χ4n) is 1.69. The maximum atomic E-state index is 11.7. The molecule has 0 radical (unpaired) electrons. The fourth-order valence-corrected chi connectivity index (χ4v) is 1.69. The molecule has 16 heavy (non-hydrogen) atoms. The molecule has 1 atom stereocenters. The minimum Gasteiger partial charge on any atom is -0.384 e. The Kier molecular flexibility index (Phi) is 6.37. The third-order valence-corrected chi connectivity index (χ3v) is 2.58. The lowest BCUT2D eigenvalue weighted by molar-refractivity contribution is -0.134. The summed E-state index contributed by atoms with van der Waals surface area (Å²) in [5, 5.41) is 3.16. The Balaban J connectivity index is 2.09. The van der Waals surface area contributed by atoms with Gasteiger partial charge < -0.3 is 19.7 Å². The van der Waals surface area contributed by atoms with Crippen molar-refractivity contribution in [3.63, 3.8) is 0 Å². The molecule has 1 aliphatic heterocycles. The van der Waals surface area contributed by atoms with E-state index < -0.39 is 0 Å². The number of carbonyl (C=O) groups excluding carboxylic acids is 1. The van der Waals surface area contributed by atoms with Gasteiger partial charge in [-0.1, -0.05) is 6.92 Å². The van der Waals surface area contributed by atoms with Gasteiger partial charge in [-0.15, -0.1) is 0 Å². The Morgan fingerprint density at radius 3 is 2.81 bits per heavy atom. The second kappa shape index (κ2) is 7.60. The van der Waals surface area contributed by atoms with Crippen molar-refractivity contribution >= 4 is 5.91 Å². The van der Waals surface area contributed by atoms with Gasteiger partial charge in [0.25, 0.3) is 0 Å². The summed E-state index contributed by atoms with van der Waals surface area (Å²) in [5.74, 6) is 0.593. The van der Waals surface area contributed by atoms with Crippen LogP contribution in [0, 0.1) is 5.92 Å². The van der Waals surface area contributed by atoms with Gasteiger partial charge in [-0.05, 0) is 5.92 Å². The molecule has 1 rings (SSSR count). The molecule has 0 aromatic rings. The van der Waals surface area contributed by atoms with Crippen LogP contribution in [-0.2, 0) is 14.3 Å². The smallest absolute Gasteiger partial charge is 0.236 e. The predicted octanol–water partition coefficient (Wildman–Crippen LogP) is -0.283. The van der Waals surface area contributed by atoms with Crippen molar-refractivity contribution in [2.45, 2.75) is 6.92 Å². The van der Waals surface area contributed by atoms with E-state index in [1.807, 2.05) is 4.90 Å². The molecule has 1 N–H and O–H groups in total. The largest absolute Gasteiger partial charge is 0.384 e. The number of amides is 1. The zero-order valence-corrected chi connectivity index (χ0v) is 10.2. The quantitative estimate of drug-likeness (QED) is 0.682. The molecule has 0 aromatic carbocycles. The lowest BCUT2D eigenvalue weighted by atomic mass is 10.2. The number of morpholine rings is 1. The van der Waals surface area contributed by atoms with Crippen molar-refractivity contribution < 1.29 is 14.3 Å². The molecule has 0 aromatic heterocycles. The summed E-state index contributed by atoms with van der Waals surface area (Å²) in [6.45, 7) is 6.78. The van der Waals surface area contributed by atoms with Crippen LogP contribution < -0.4 is 5.32 Å². The number of nitrogens with one attached hydrogen (secondary N) is 1. The van der Waals surface area contributed by atoms with E-state index in [0.717, 1.165) is 13.2 Å². The number of rotatable bonds is 6. The summed E-state index contributed by atoms with van der Waals surface area (Å²) >= 11 is 0. The Bertz CT molecular complexity index is 205. The molecule has 1 amide bonds. The number of ether oxygens (including phenoxy) is 2. The van der Waals surface area contributed by atoms with Gasteiger partial charge in [-0.25, -0.2) is 0 Å². The fraction of sp³-hybridized carbons (Fsp3) is 0.909. The summed E-state index contributed by atoms with van der Waals surface area (Å²) in [6.07, 6.45) is 0. The monoisotopic (exact) mass is 230 g/mol. The van der Waals surface area contributed by atoms with E-state index in [-0.39, 0.29) is 5.91 Å². The third kappa shape index (κ3) is 4.92. The minimum absolute atomic E-state index is 0.160. The zero-order valence-electron chi connectivity index (χ0n) is 10.2. The molecule has 1 unspecified atom stereocenters. The third-order valence-electron chi connectivity index (χ3n) is 2.58. The number of nitrogens with zero attached hydrogens (tertiary/aromatic N) is 1. The van der Waals surface area contributed by atoms with Gasteiger partial charge >= 0.3 is 0 Å². The van der Waals surface area contributed by atoms with E-state index >= 15 is 0 Å². The van der Waals surface area contributed by atoms with Crippen LogP contribution in [0.15, 0.2) is 0 Å². The van der Waals surface area contributed by atoms with Gasteiger partial charge in [-0.3, -0.25) is 4.79 Å². The lowest BCUT2D eigenvalue weighted by Crippen LogP contribution is -2.45. The van der Waals surface area contributed by atoms with Gasteiger partial charge in [0, 0.05) is 33.4 Å². The summed E-state index contributed by atoms with van der Waals surface area (Å²) in [7, 11) is 1.69. The molecule has 1 heterocycles. The molecule has 94 valence electrons. The van der Waals surface area contributed by atoms with Crippen LogP contribution in [-0.4, -0.2) is 63.9 Å². The standard InChI is InChI=1S/C11H22N2O3/c1-10(9-15-2)7-12-8-11(14)13-3-5-16-6-4-13/h10,12H,3-9H2,1-2H3. The van der Waals surface area contributed by atoms with E-state index in [9.17, 15) is 4.79 Å². The van der Waals surface area contributed by atoms with Crippen LogP contribution in [0.5, 0.6) is 0 Å². The number of carbonyl (C=O) groups is 1. The second-order valence-electron chi connectivity index (χ2n) is 4.18. The van der Waals surface area contributed by atoms with Crippen molar-refractivity contribution in [1.29, 1.82) is 0 Å². The summed E-state index contributed by atoms with van der Waals surface area (Å²) in [5.41, 5.74) is 0. The van der Waals surface area contributed by atoms with Crippen LogP contribution in [0.1, 0.15) is 6.92 Å². The molecule has 0 spiro atoms. The maximum absolute atomic E-state index is 11.7. The first-order chi connectivity index (χ1) is 7.74. The van der Waals surface area contributed by atoms with Gasteiger partial charge in [0.05, 0.1) is 19.8 Å². The molecule has 5 nitrogen and oxygen atoms in total. The summed E-state index contributed by atoms with van der Waals surface area (Å²) < 4.78 is 10.2. The molecule has 1 aliphatic rings. The van der Waals surface area contributed by atoms with Gasteiger partial charge in [0.1, 0.15) is 0 Å². The first kappa shape index (κ1) is 13.4. The first-order valence-electron chi connectivity index (χ1n) is 5.79. The van der Waals surface area contributed by atoms with E-state index in [0.29, 0.717) is 38.8 Å². The Labute approximate surface area is 97.1 Å². The SMILES string of the molecule is COCC(C)CNCC(=O)N1CCOCC1. The van der Waals surface area contributed by atoms with Crippen molar-refractivity contribution in [2.75, 3.05) is 53.1 Å². The molecule has 5 heteroatoms. The van der Waals surface area contributed by atoms with E-state index in [4.69, 9.17) is 9.47 Å².